The Bertz CT molecular complexity index is 837. The Morgan fingerprint density at radius 1 is 1.04 bits per heavy atom. The second kappa shape index (κ2) is 9.47. The van der Waals surface area contributed by atoms with Crippen LogP contribution < -0.4 is 10.9 Å². The first-order chi connectivity index (χ1) is 12.5. The van der Waals surface area contributed by atoms with Crippen molar-refractivity contribution < 1.29 is 23.5 Å². The van der Waals surface area contributed by atoms with Gasteiger partial charge in [0.2, 0.25) is 0 Å². The molecule has 134 valence electrons. The number of nitrogens with one attached hydrogen (secondary N) is 2. The summed E-state index contributed by atoms with van der Waals surface area (Å²) in [4.78, 5) is 34.8. The van der Waals surface area contributed by atoms with Gasteiger partial charge >= 0.3 is 5.97 Å². The van der Waals surface area contributed by atoms with Crippen molar-refractivity contribution in [1.82, 2.24) is 10.9 Å². The predicted octanol–water partition coefficient (Wildman–Crippen LogP) is 2.61. The first kappa shape index (κ1) is 19.3. The number of amides is 2. The molecule has 0 aliphatic heterocycles. The van der Waals surface area contributed by atoms with E-state index in [1.54, 1.807) is 12.1 Å². The van der Waals surface area contributed by atoms with E-state index in [9.17, 15) is 18.8 Å². The van der Waals surface area contributed by atoms with Crippen LogP contribution in [0.15, 0.2) is 59.1 Å². The van der Waals surface area contributed by atoms with Crippen LogP contribution >= 0.6 is 15.9 Å². The molecule has 2 aromatic carbocycles. The van der Waals surface area contributed by atoms with Crippen LogP contribution in [0.2, 0.25) is 0 Å². The Morgan fingerprint density at radius 2 is 1.73 bits per heavy atom. The Labute approximate surface area is 157 Å². The topological polar surface area (TPSA) is 84.5 Å². The van der Waals surface area contributed by atoms with Crippen LogP contribution in [0.4, 0.5) is 4.39 Å². The minimum Gasteiger partial charge on any atom is -0.452 e. The molecule has 0 radical (unpaired) electrons. The average Bonchev–Trinajstić information content (AvgIpc) is 2.64. The molecule has 2 aromatic rings. The molecule has 8 heteroatoms. The standard InChI is InChI=1S/C18H14BrFN2O4/c19-13-8-5-12(6-9-13)7-10-17(24)26-11-16(23)21-22-18(25)14-3-1-2-4-15(14)20/h1-10H,11H2,(H,21,23)(H,22,25)/b10-7+. The van der Waals surface area contributed by atoms with Gasteiger partial charge in [-0.15, -0.1) is 0 Å². The molecule has 0 saturated heterocycles. The second-order valence-corrected chi connectivity index (χ2v) is 5.89. The summed E-state index contributed by atoms with van der Waals surface area (Å²) in [5, 5.41) is 0. The summed E-state index contributed by atoms with van der Waals surface area (Å²) >= 11 is 3.30. The van der Waals surface area contributed by atoms with Gasteiger partial charge in [-0.2, -0.15) is 0 Å². The predicted molar refractivity (Wildman–Crippen MR) is 96.1 cm³/mol. The van der Waals surface area contributed by atoms with Gasteiger partial charge in [-0.1, -0.05) is 40.2 Å². The number of carbonyl (C=O) groups is 3. The molecular weight excluding hydrogens is 407 g/mol. The van der Waals surface area contributed by atoms with Gasteiger partial charge in [0.15, 0.2) is 6.61 Å². The molecule has 0 heterocycles. The number of hydrogen-bond donors (Lipinski definition) is 2. The van der Waals surface area contributed by atoms with Gasteiger partial charge in [0.1, 0.15) is 5.82 Å². The minimum absolute atomic E-state index is 0.220. The van der Waals surface area contributed by atoms with Crippen molar-refractivity contribution in [3.63, 3.8) is 0 Å². The fourth-order valence-corrected chi connectivity index (χ4v) is 2.06. The fraction of sp³-hybridized carbons (Fsp3) is 0.0556. The highest BCUT2D eigenvalue weighted by atomic mass is 79.9. The van der Waals surface area contributed by atoms with Gasteiger partial charge in [0, 0.05) is 10.5 Å². The molecule has 26 heavy (non-hydrogen) atoms. The molecule has 0 unspecified atom stereocenters. The van der Waals surface area contributed by atoms with Crippen molar-refractivity contribution in [2.24, 2.45) is 0 Å². The molecule has 0 aliphatic rings. The smallest absolute Gasteiger partial charge is 0.331 e. The van der Waals surface area contributed by atoms with Crippen LogP contribution in [0, 0.1) is 5.82 Å². The lowest BCUT2D eigenvalue weighted by Crippen LogP contribution is -2.43. The largest absolute Gasteiger partial charge is 0.452 e. The van der Waals surface area contributed by atoms with Crippen molar-refractivity contribution in [2.45, 2.75) is 0 Å². The molecule has 0 aliphatic carbocycles. The summed E-state index contributed by atoms with van der Waals surface area (Å²) in [6, 6.07) is 12.5. The van der Waals surface area contributed by atoms with Crippen LogP contribution in [0.5, 0.6) is 0 Å². The number of rotatable bonds is 5. The monoisotopic (exact) mass is 420 g/mol. The van der Waals surface area contributed by atoms with E-state index < -0.39 is 30.2 Å². The van der Waals surface area contributed by atoms with Gasteiger partial charge in [-0.25, -0.2) is 9.18 Å². The fourth-order valence-electron chi connectivity index (χ4n) is 1.80. The maximum absolute atomic E-state index is 13.4. The molecule has 2 N–H and O–H groups in total. The summed E-state index contributed by atoms with van der Waals surface area (Å²) < 4.78 is 19.1. The highest BCUT2D eigenvalue weighted by Crippen LogP contribution is 2.11. The lowest BCUT2D eigenvalue weighted by Gasteiger charge is -2.07. The van der Waals surface area contributed by atoms with Gasteiger partial charge in [-0.05, 0) is 35.9 Å². The van der Waals surface area contributed by atoms with Crippen LogP contribution in [0.25, 0.3) is 6.08 Å². The molecule has 2 rings (SSSR count). The van der Waals surface area contributed by atoms with Crippen LogP contribution in [0.1, 0.15) is 15.9 Å². The SMILES string of the molecule is O=C(COC(=O)/C=C/c1ccc(Br)cc1)NNC(=O)c1ccccc1F. The van der Waals surface area contributed by atoms with Crippen molar-refractivity contribution in [3.05, 3.63) is 76.0 Å². The van der Waals surface area contributed by atoms with E-state index in [4.69, 9.17) is 4.74 Å². The maximum atomic E-state index is 13.4. The zero-order chi connectivity index (χ0) is 18.9. The van der Waals surface area contributed by atoms with Gasteiger partial charge in [0.05, 0.1) is 5.56 Å². The highest BCUT2D eigenvalue weighted by Gasteiger charge is 2.12. The molecule has 0 spiro atoms. The molecular formula is C18H14BrFN2O4. The van der Waals surface area contributed by atoms with Crippen molar-refractivity contribution >= 4 is 39.8 Å². The number of hydrazine groups is 1. The quantitative estimate of drug-likeness (QED) is 0.442. The van der Waals surface area contributed by atoms with E-state index in [2.05, 4.69) is 15.9 Å². The molecule has 0 atom stereocenters. The summed E-state index contributed by atoms with van der Waals surface area (Å²) in [5.41, 5.74) is 4.63. The van der Waals surface area contributed by atoms with Gasteiger partial charge in [-0.3, -0.25) is 20.4 Å². The molecule has 2 amide bonds. The number of ether oxygens (including phenoxy) is 1. The van der Waals surface area contributed by atoms with Crippen molar-refractivity contribution in [3.8, 4) is 0 Å². The third-order valence-electron chi connectivity index (χ3n) is 3.06. The van der Waals surface area contributed by atoms with Crippen molar-refractivity contribution in [1.29, 1.82) is 0 Å². The molecule has 0 bridgehead atoms. The Morgan fingerprint density at radius 3 is 2.42 bits per heavy atom. The Kier molecular flexibility index (Phi) is 7.04. The van der Waals surface area contributed by atoms with Gasteiger partial charge < -0.3 is 4.74 Å². The normalized spacial score (nSPS) is 10.4. The van der Waals surface area contributed by atoms with E-state index in [-0.39, 0.29) is 5.56 Å². The maximum Gasteiger partial charge on any atom is 0.331 e. The first-order valence-electron chi connectivity index (χ1n) is 7.40. The summed E-state index contributed by atoms with van der Waals surface area (Å²) in [7, 11) is 0. The summed E-state index contributed by atoms with van der Waals surface area (Å²) in [6.07, 6.45) is 2.71. The number of esters is 1. The van der Waals surface area contributed by atoms with E-state index in [0.29, 0.717) is 0 Å². The van der Waals surface area contributed by atoms with Crippen LogP contribution in [-0.2, 0) is 14.3 Å². The molecule has 0 saturated carbocycles. The number of halogens is 2. The second-order valence-electron chi connectivity index (χ2n) is 4.97. The molecule has 0 aromatic heterocycles. The van der Waals surface area contributed by atoms with Crippen LogP contribution in [0.3, 0.4) is 0 Å². The van der Waals surface area contributed by atoms with Crippen LogP contribution in [-0.4, -0.2) is 24.4 Å². The lowest BCUT2D eigenvalue weighted by atomic mass is 10.2. The number of carbonyl (C=O) groups excluding carboxylic acids is 3. The molecule has 0 fully saturated rings. The summed E-state index contributed by atoms with van der Waals surface area (Å²) in [5.74, 6) is -3.02. The Hall–Kier alpha value is -3.00. The highest BCUT2D eigenvalue weighted by molar-refractivity contribution is 9.10. The zero-order valence-electron chi connectivity index (χ0n) is 13.4. The lowest BCUT2D eigenvalue weighted by molar-refractivity contribution is -0.144. The Balaban J connectivity index is 1.74. The summed E-state index contributed by atoms with van der Waals surface area (Å²) in [6.45, 7) is -0.596. The first-order valence-corrected chi connectivity index (χ1v) is 8.19. The van der Waals surface area contributed by atoms with E-state index >= 15 is 0 Å². The number of hydrogen-bond acceptors (Lipinski definition) is 4. The minimum atomic E-state index is -0.821. The van der Waals surface area contributed by atoms with E-state index in [1.165, 1.54) is 30.4 Å². The number of benzene rings is 2. The third-order valence-corrected chi connectivity index (χ3v) is 3.59. The molecule has 6 nitrogen and oxygen atoms in total. The average molecular weight is 421 g/mol. The third kappa shape index (κ3) is 6.14. The zero-order valence-corrected chi connectivity index (χ0v) is 15.0. The van der Waals surface area contributed by atoms with E-state index in [0.717, 1.165) is 16.1 Å². The van der Waals surface area contributed by atoms with Crippen molar-refractivity contribution in [2.75, 3.05) is 6.61 Å². The van der Waals surface area contributed by atoms with E-state index in [1.807, 2.05) is 23.0 Å². The van der Waals surface area contributed by atoms with Gasteiger partial charge in [0.25, 0.3) is 11.8 Å².